The number of nitrogens with zero attached hydrogens (tertiary/aromatic N) is 1. The molecule has 3 aromatic carbocycles. The van der Waals surface area contributed by atoms with E-state index in [1.54, 1.807) is 7.11 Å². The molecular weight excluding hydrogens is 382 g/mol. The van der Waals surface area contributed by atoms with E-state index in [2.05, 4.69) is 78.6 Å². The van der Waals surface area contributed by atoms with E-state index < -0.39 is 0 Å². The van der Waals surface area contributed by atoms with Crippen LogP contribution in [0.4, 0.5) is 0 Å². The minimum atomic E-state index is 0.828. The minimum absolute atomic E-state index is 0.828. The molecule has 0 N–H and O–H groups in total. The zero-order valence-electron chi connectivity index (χ0n) is 18.7. The lowest BCUT2D eigenvalue weighted by molar-refractivity contribution is 0.248. The van der Waals surface area contributed by atoms with Crippen molar-refractivity contribution in [3.05, 3.63) is 89.7 Å². The fourth-order valence-electron chi connectivity index (χ4n) is 4.24. The Morgan fingerprint density at radius 1 is 0.903 bits per heavy atom. The summed E-state index contributed by atoms with van der Waals surface area (Å²) in [5.41, 5.74) is 5.73. The maximum Gasteiger partial charge on any atom is 0.135 e. The first-order chi connectivity index (χ1) is 15.2. The van der Waals surface area contributed by atoms with Gasteiger partial charge in [-0.1, -0.05) is 74.0 Å². The molecule has 0 fully saturated rings. The molecule has 0 aliphatic heterocycles. The topological polar surface area (TPSA) is 25.6 Å². The van der Waals surface area contributed by atoms with Gasteiger partial charge in [-0.25, -0.2) is 0 Å². The van der Waals surface area contributed by atoms with Gasteiger partial charge >= 0.3 is 0 Å². The third-order valence-electron chi connectivity index (χ3n) is 5.80. The first kappa shape index (κ1) is 21.2. The molecule has 3 nitrogen and oxygen atoms in total. The lowest BCUT2D eigenvalue weighted by atomic mass is 10.0. The Balaban J connectivity index is 1.69. The number of fused-ring (bicyclic) bond motifs is 1. The third kappa shape index (κ3) is 4.83. The average molecular weight is 414 g/mol. The fraction of sp³-hybridized carbons (Fsp3) is 0.286. The van der Waals surface area contributed by atoms with Crippen LogP contribution in [-0.2, 0) is 13.1 Å². The molecule has 4 aromatic rings. The van der Waals surface area contributed by atoms with Gasteiger partial charge in [0.1, 0.15) is 17.1 Å². The zero-order chi connectivity index (χ0) is 21.6. The van der Waals surface area contributed by atoms with Crippen LogP contribution in [-0.4, -0.2) is 18.6 Å². The summed E-state index contributed by atoms with van der Waals surface area (Å²) in [5, 5.41) is 1.10. The number of benzene rings is 3. The van der Waals surface area contributed by atoms with Gasteiger partial charge in [-0.05, 0) is 43.1 Å². The van der Waals surface area contributed by atoms with Crippen LogP contribution in [0.25, 0.3) is 22.1 Å². The van der Waals surface area contributed by atoms with Gasteiger partial charge in [-0.15, -0.1) is 0 Å². The maximum atomic E-state index is 6.20. The normalized spacial score (nSPS) is 11.4. The van der Waals surface area contributed by atoms with E-state index in [0.29, 0.717) is 0 Å². The summed E-state index contributed by atoms with van der Waals surface area (Å²) < 4.78 is 12.0. The van der Waals surface area contributed by atoms with Gasteiger partial charge in [0.15, 0.2) is 0 Å². The smallest absolute Gasteiger partial charge is 0.135 e. The molecule has 0 bridgehead atoms. The second-order valence-electron chi connectivity index (χ2n) is 8.11. The highest BCUT2D eigenvalue weighted by Gasteiger charge is 2.18. The van der Waals surface area contributed by atoms with Gasteiger partial charge in [-0.3, -0.25) is 4.90 Å². The molecule has 0 unspecified atom stereocenters. The number of methoxy groups -OCH3 is 1. The Morgan fingerprint density at radius 3 is 2.29 bits per heavy atom. The summed E-state index contributed by atoms with van der Waals surface area (Å²) in [5.74, 6) is 1.85. The van der Waals surface area contributed by atoms with Crippen LogP contribution in [0, 0.1) is 6.92 Å². The molecule has 160 valence electrons. The molecule has 0 saturated carbocycles. The van der Waals surface area contributed by atoms with Gasteiger partial charge in [0.05, 0.1) is 7.11 Å². The monoisotopic (exact) mass is 413 g/mol. The molecule has 0 radical (unpaired) electrons. The Labute approximate surface area is 185 Å². The van der Waals surface area contributed by atoms with E-state index in [1.807, 2.05) is 13.0 Å². The Bertz CT molecular complexity index is 1120. The van der Waals surface area contributed by atoms with Crippen LogP contribution in [0.5, 0.6) is 5.75 Å². The second kappa shape index (κ2) is 9.84. The lowest BCUT2D eigenvalue weighted by Gasteiger charge is -2.23. The van der Waals surface area contributed by atoms with Gasteiger partial charge in [0.25, 0.3) is 0 Å². The number of ether oxygens (including phenoxy) is 1. The number of hydrogen-bond acceptors (Lipinski definition) is 3. The molecule has 0 atom stereocenters. The van der Waals surface area contributed by atoms with Gasteiger partial charge in [-0.2, -0.15) is 0 Å². The van der Waals surface area contributed by atoms with E-state index >= 15 is 0 Å². The van der Waals surface area contributed by atoms with E-state index in [9.17, 15) is 0 Å². The first-order valence-corrected chi connectivity index (χ1v) is 11.1. The van der Waals surface area contributed by atoms with E-state index in [-0.39, 0.29) is 0 Å². The largest absolute Gasteiger partial charge is 0.496 e. The minimum Gasteiger partial charge on any atom is -0.496 e. The SMILES string of the molecule is CCCCN(Cc1ccccc1)Cc1cc2oc(C)c(-c3ccccc3)c2cc1OC. The van der Waals surface area contributed by atoms with Crippen molar-refractivity contribution < 1.29 is 9.15 Å². The predicted octanol–water partition coefficient (Wildman–Crippen LogP) is 7.22. The Morgan fingerprint density at radius 2 is 1.61 bits per heavy atom. The van der Waals surface area contributed by atoms with Crippen molar-refractivity contribution in [1.29, 1.82) is 0 Å². The lowest BCUT2D eigenvalue weighted by Crippen LogP contribution is -2.24. The van der Waals surface area contributed by atoms with E-state index in [1.165, 1.54) is 24.0 Å². The highest BCUT2D eigenvalue weighted by atomic mass is 16.5. The number of furan rings is 1. The van der Waals surface area contributed by atoms with E-state index in [4.69, 9.17) is 9.15 Å². The number of unbranched alkanes of at least 4 members (excludes halogenated alkanes) is 1. The second-order valence-corrected chi connectivity index (χ2v) is 8.11. The summed E-state index contributed by atoms with van der Waals surface area (Å²) in [6.07, 6.45) is 2.36. The predicted molar refractivity (Wildman–Crippen MR) is 128 cm³/mol. The molecule has 31 heavy (non-hydrogen) atoms. The van der Waals surface area contributed by atoms with Crippen LogP contribution in [0.1, 0.15) is 36.7 Å². The van der Waals surface area contributed by atoms with Crippen LogP contribution >= 0.6 is 0 Å². The van der Waals surface area contributed by atoms with Gasteiger partial charge in [0.2, 0.25) is 0 Å². The van der Waals surface area contributed by atoms with Gasteiger partial charge < -0.3 is 9.15 Å². The van der Waals surface area contributed by atoms with Crippen LogP contribution < -0.4 is 4.74 Å². The summed E-state index contributed by atoms with van der Waals surface area (Å²) >= 11 is 0. The first-order valence-electron chi connectivity index (χ1n) is 11.1. The van der Waals surface area contributed by atoms with Crippen molar-refractivity contribution in [3.63, 3.8) is 0 Å². The molecule has 0 spiro atoms. The molecule has 0 aliphatic rings. The standard InChI is InChI=1S/C28H31NO2/c1-4-5-16-29(19-22-12-8-6-9-13-22)20-24-17-27-25(18-26(24)30-3)28(21(2)31-27)23-14-10-7-11-15-23/h6-15,17-18H,4-5,16,19-20H2,1-3H3. The molecule has 4 rings (SSSR count). The molecule has 0 saturated heterocycles. The molecule has 0 aliphatic carbocycles. The third-order valence-corrected chi connectivity index (χ3v) is 5.80. The van der Waals surface area contributed by atoms with Gasteiger partial charge in [0, 0.05) is 29.6 Å². The molecular formula is C28H31NO2. The number of hydrogen-bond donors (Lipinski definition) is 0. The maximum absolute atomic E-state index is 6.20. The fourth-order valence-corrected chi connectivity index (χ4v) is 4.24. The molecule has 1 heterocycles. The highest BCUT2D eigenvalue weighted by Crippen LogP contribution is 2.38. The van der Waals surface area contributed by atoms with Crippen LogP contribution in [0.3, 0.4) is 0 Å². The Hall–Kier alpha value is -3.04. The summed E-state index contributed by atoms with van der Waals surface area (Å²) in [6, 6.07) is 25.4. The van der Waals surface area contributed by atoms with Crippen LogP contribution in [0.15, 0.2) is 77.2 Å². The van der Waals surface area contributed by atoms with Crippen molar-refractivity contribution >= 4 is 11.0 Å². The summed E-state index contributed by atoms with van der Waals surface area (Å²) in [4.78, 5) is 2.50. The average Bonchev–Trinajstić information content (AvgIpc) is 3.12. The number of aryl methyl sites for hydroxylation is 1. The van der Waals surface area contributed by atoms with Crippen molar-refractivity contribution in [2.24, 2.45) is 0 Å². The van der Waals surface area contributed by atoms with Crippen LogP contribution in [0.2, 0.25) is 0 Å². The van der Waals surface area contributed by atoms with Crippen molar-refractivity contribution in [2.75, 3.05) is 13.7 Å². The molecule has 1 aromatic heterocycles. The number of rotatable bonds is 9. The summed E-state index contributed by atoms with van der Waals surface area (Å²) in [6.45, 7) is 7.09. The van der Waals surface area contributed by atoms with Crippen molar-refractivity contribution in [3.8, 4) is 16.9 Å². The molecule has 0 amide bonds. The van der Waals surface area contributed by atoms with E-state index in [0.717, 1.165) is 53.2 Å². The molecule has 3 heteroatoms. The zero-order valence-corrected chi connectivity index (χ0v) is 18.7. The van der Waals surface area contributed by atoms with Crippen molar-refractivity contribution in [1.82, 2.24) is 4.90 Å². The quantitative estimate of drug-likeness (QED) is 0.290. The Kier molecular flexibility index (Phi) is 6.73. The van der Waals surface area contributed by atoms with Crippen molar-refractivity contribution in [2.45, 2.75) is 39.8 Å². The highest BCUT2D eigenvalue weighted by molar-refractivity contribution is 5.97. The summed E-state index contributed by atoms with van der Waals surface area (Å²) in [7, 11) is 1.76.